The second kappa shape index (κ2) is 4.85. The van der Waals surface area contributed by atoms with Crippen molar-refractivity contribution in [2.24, 2.45) is 5.90 Å². The summed E-state index contributed by atoms with van der Waals surface area (Å²) in [4.78, 5) is 4.77. The van der Waals surface area contributed by atoms with Crippen LogP contribution < -0.4 is 10.6 Å². The van der Waals surface area contributed by atoms with E-state index >= 15 is 0 Å². The van der Waals surface area contributed by atoms with E-state index in [4.69, 9.17) is 15.5 Å². The molecule has 1 aromatic rings. The van der Waals surface area contributed by atoms with Crippen LogP contribution in [-0.4, -0.2) is 13.7 Å². The maximum atomic E-state index is 5.35. The Kier molecular flexibility index (Phi) is 3.94. The zero-order valence-electron chi connectivity index (χ0n) is 10.8. The largest absolute Gasteiger partial charge is 0.496 e. The van der Waals surface area contributed by atoms with Gasteiger partial charge in [0.05, 0.1) is 13.7 Å². The third-order valence-corrected chi connectivity index (χ3v) is 2.89. The molecule has 0 aliphatic rings. The first-order valence-electron chi connectivity index (χ1n) is 5.40. The van der Waals surface area contributed by atoms with E-state index in [-0.39, 0.29) is 5.41 Å². The molecule has 0 radical (unpaired) electrons. The van der Waals surface area contributed by atoms with Gasteiger partial charge >= 0.3 is 0 Å². The van der Waals surface area contributed by atoms with Gasteiger partial charge in [-0.25, -0.2) is 5.90 Å². The summed E-state index contributed by atoms with van der Waals surface area (Å²) in [7, 11) is 1.70. The topological polar surface area (TPSA) is 44.5 Å². The molecule has 0 spiro atoms. The molecule has 1 aromatic carbocycles. The van der Waals surface area contributed by atoms with Gasteiger partial charge in [0.25, 0.3) is 0 Å². The number of hydrogen-bond donors (Lipinski definition) is 1. The Hall–Kier alpha value is -1.06. The first-order chi connectivity index (χ1) is 7.42. The Bertz CT molecular complexity index is 349. The van der Waals surface area contributed by atoms with Gasteiger partial charge in [0.1, 0.15) is 5.75 Å². The lowest BCUT2D eigenvalue weighted by Gasteiger charge is -2.25. The molecule has 0 aromatic heterocycles. The van der Waals surface area contributed by atoms with Crippen molar-refractivity contribution in [3.63, 3.8) is 0 Å². The fourth-order valence-electron chi connectivity index (χ4n) is 1.95. The van der Waals surface area contributed by atoms with Gasteiger partial charge in [0.2, 0.25) is 0 Å². The van der Waals surface area contributed by atoms with Crippen molar-refractivity contribution in [3.8, 4) is 5.75 Å². The average molecular weight is 223 g/mol. The number of ether oxygens (including phenoxy) is 1. The molecule has 3 heteroatoms. The highest BCUT2D eigenvalue weighted by Gasteiger charge is 2.22. The Morgan fingerprint density at radius 2 is 1.69 bits per heavy atom. The van der Waals surface area contributed by atoms with Crippen molar-refractivity contribution in [1.82, 2.24) is 0 Å². The summed E-state index contributed by atoms with van der Waals surface area (Å²) < 4.78 is 5.35. The van der Waals surface area contributed by atoms with Crippen LogP contribution in [-0.2, 0) is 10.3 Å². The van der Waals surface area contributed by atoms with Gasteiger partial charge in [0.15, 0.2) is 0 Å². The van der Waals surface area contributed by atoms with Gasteiger partial charge in [0, 0.05) is 5.41 Å². The highest BCUT2D eigenvalue weighted by atomic mass is 16.6. The average Bonchev–Trinajstić information content (AvgIpc) is 2.17. The van der Waals surface area contributed by atoms with Crippen molar-refractivity contribution >= 4 is 0 Å². The molecule has 90 valence electrons. The summed E-state index contributed by atoms with van der Waals surface area (Å²) in [5, 5.41) is 0. The molecule has 0 bridgehead atoms. The van der Waals surface area contributed by atoms with Crippen LogP contribution in [0.2, 0.25) is 0 Å². The molecular formula is C13H21NO2. The van der Waals surface area contributed by atoms with Crippen LogP contribution in [0.25, 0.3) is 0 Å². The summed E-state index contributed by atoms with van der Waals surface area (Å²) in [6, 6.07) is 4.26. The Labute approximate surface area is 97.5 Å². The quantitative estimate of drug-likeness (QED) is 0.797. The predicted octanol–water partition coefficient (Wildman–Crippen LogP) is 2.48. The second-order valence-corrected chi connectivity index (χ2v) is 4.84. The summed E-state index contributed by atoms with van der Waals surface area (Å²) in [5.41, 5.74) is 3.41. The van der Waals surface area contributed by atoms with E-state index in [0.717, 1.165) is 16.9 Å². The lowest BCUT2D eigenvalue weighted by molar-refractivity contribution is 0.0964. The number of nitrogens with two attached hydrogens (primary N) is 1. The Morgan fingerprint density at radius 1 is 1.19 bits per heavy atom. The Morgan fingerprint density at radius 3 is 2.06 bits per heavy atom. The monoisotopic (exact) mass is 223 g/mol. The molecule has 0 heterocycles. The fourth-order valence-corrected chi connectivity index (χ4v) is 1.95. The predicted molar refractivity (Wildman–Crippen MR) is 65.6 cm³/mol. The first kappa shape index (κ1) is 13.0. The van der Waals surface area contributed by atoms with E-state index in [1.165, 1.54) is 5.56 Å². The molecule has 2 N–H and O–H groups in total. The van der Waals surface area contributed by atoms with E-state index in [9.17, 15) is 0 Å². The van der Waals surface area contributed by atoms with Gasteiger partial charge in [-0.1, -0.05) is 26.0 Å². The highest BCUT2D eigenvalue weighted by molar-refractivity contribution is 5.45. The zero-order valence-corrected chi connectivity index (χ0v) is 10.8. The minimum absolute atomic E-state index is 0.0868. The summed E-state index contributed by atoms with van der Waals surface area (Å²) in [5.74, 6) is 6.11. The standard InChI is InChI=1S/C13H21NO2/c1-9-6-11(13(3,4)8-16-14)7-10(2)12(9)15-5/h6-7H,8,14H2,1-5H3. The lowest BCUT2D eigenvalue weighted by Crippen LogP contribution is -2.26. The molecular weight excluding hydrogens is 202 g/mol. The summed E-state index contributed by atoms with van der Waals surface area (Å²) in [6.07, 6.45) is 0. The summed E-state index contributed by atoms with van der Waals surface area (Å²) in [6.45, 7) is 8.82. The molecule has 0 unspecified atom stereocenters. The van der Waals surface area contributed by atoms with E-state index in [1.54, 1.807) is 7.11 Å². The molecule has 0 amide bonds. The maximum Gasteiger partial charge on any atom is 0.124 e. The van der Waals surface area contributed by atoms with Crippen LogP contribution in [0.1, 0.15) is 30.5 Å². The fraction of sp³-hybridized carbons (Fsp3) is 0.538. The third-order valence-electron chi connectivity index (χ3n) is 2.89. The lowest BCUT2D eigenvalue weighted by atomic mass is 9.83. The van der Waals surface area contributed by atoms with Crippen LogP contribution in [0.4, 0.5) is 0 Å². The Balaban J connectivity index is 3.17. The van der Waals surface area contributed by atoms with Crippen LogP contribution in [0.5, 0.6) is 5.75 Å². The van der Waals surface area contributed by atoms with Gasteiger partial charge in [-0.3, -0.25) is 0 Å². The van der Waals surface area contributed by atoms with E-state index in [1.807, 2.05) is 0 Å². The highest BCUT2D eigenvalue weighted by Crippen LogP contribution is 2.31. The number of methoxy groups -OCH3 is 1. The first-order valence-corrected chi connectivity index (χ1v) is 5.40. The zero-order chi connectivity index (χ0) is 12.3. The molecule has 1 rings (SSSR count). The SMILES string of the molecule is COc1c(C)cc(C(C)(C)CON)cc1C. The van der Waals surface area contributed by atoms with E-state index in [0.29, 0.717) is 6.61 Å². The minimum atomic E-state index is -0.0868. The maximum absolute atomic E-state index is 5.35. The van der Waals surface area contributed by atoms with Gasteiger partial charge < -0.3 is 9.57 Å². The molecule has 0 fully saturated rings. The van der Waals surface area contributed by atoms with Crippen LogP contribution in [0.3, 0.4) is 0 Å². The molecule has 0 atom stereocenters. The molecule has 0 saturated carbocycles. The molecule has 16 heavy (non-hydrogen) atoms. The smallest absolute Gasteiger partial charge is 0.124 e. The number of benzene rings is 1. The van der Waals surface area contributed by atoms with Crippen molar-refractivity contribution < 1.29 is 9.57 Å². The van der Waals surface area contributed by atoms with Crippen LogP contribution in [0, 0.1) is 13.8 Å². The normalized spacial score (nSPS) is 11.6. The molecule has 0 saturated heterocycles. The number of hydrogen-bond acceptors (Lipinski definition) is 3. The molecule has 0 aliphatic heterocycles. The molecule has 0 aliphatic carbocycles. The number of rotatable bonds is 4. The van der Waals surface area contributed by atoms with Crippen molar-refractivity contribution in [3.05, 3.63) is 28.8 Å². The van der Waals surface area contributed by atoms with Gasteiger partial charge in [-0.15, -0.1) is 0 Å². The van der Waals surface area contributed by atoms with E-state index < -0.39 is 0 Å². The summed E-state index contributed by atoms with van der Waals surface area (Å²) >= 11 is 0. The van der Waals surface area contributed by atoms with Crippen LogP contribution >= 0.6 is 0 Å². The number of aryl methyl sites for hydroxylation is 2. The minimum Gasteiger partial charge on any atom is -0.496 e. The van der Waals surface area contributed by atoms with Crippen molar-refractivity contribution in [2.75, 3.05) is 13.7 Å². The van der Waals surface area contributed by atoms with Crippen LogP contribution in [0.15, 0.2) is 12.1 Å². The van der Waals surface area contributed by atoms with Crippen molar-refractivity contribution in [2.45, 2.75) is 33.1 Å². The molecule has 3 nitrogen and oxygen atoms in total. The van der Waals surface area contributed by atoms with Gasteiger partial charge in [-0.05, 0) is 30.5 Å². The van der Waals surface area contributed by atoms with E-state index in [2.05, 4.69) is 39.8 Å². The van der Waals surface area contributed by atoms with Crippen molar-refractivity contribution in [1.29, 1.82) is 0 Å². The third kappa shape index (κ3) is 2.54. The van der Waals surface area contributed by atoms with Gasteiger partial charge in [-0.2, -0.15) is 0 Å². The second-order valence-electron chi connectivity index (χ2n) is 4.84.